The number of rotatable bonds is 3. The summed E-state index contributed by atoms with van der Waals surface area (Å²) >= 11 is 11.6. The lowest BCUT2D eigenvalue weighted by molar-refractivity contribution is 0.389. The molecule has 1 aliphatic heterocycles. The fourth-order valence-electron chi connectivity index (χ4n) is 1.77. The molecule has 2 rings (SSSR count). The fraction of sp³-hybridized carbons (Fsp3) is 0.600. The molecule has 1 aromatic rings. The molecule has 0 aromatic carbocycles. The van der Waals surface area contributed by atoms with Gasteiger partial charge in [0.25, 0.3) is 0 Å². The van der Waals surface area contributed by atoms with Crippen molar-refractivity contribution in [3.63, 3.8) is 0 Å². The molecule has 1 aromatic heterocycles. The van der Waals surface area contributed by atoms with E-state index >= 15 is 0 Å². The topological polar surface area (TPSA) is 49.8 Å². The van der Waals surface area contributed by atoms with Gasteiger partial charge < -0.3 is 10.6 Å². The maximum absolute atomic E-state index is 5.96. The summed E-state index contributed by atoms with van der Waals surface area (Å²) in [5, 5.41) is 7.39. The molecule has 0 unspecified atom stereocenters. The Morgan fingerprint density at radius 1 is 1.47 bits per heavy atom. The first-order chi connectivity index (χ1) is 7.75. The molecular weight excluding hydrogens is 282 g/mol. The molecule has 2 N–H and O–H groups in total. The number of nitrogens with one attached hydrogen (secondary N) is 2. The van der Waals surface area contributed by atoms with Gasteiger partial charge in [0, 0.05) is 30.9 Å². The molecule has 0 amide bonds. The summed E-state index contributed by atoms with van der Waals surface area (Å²) in [7, 11) is 0. The van der Waals surface area contributed by atoms with E-state index in [2.05, 4.69) is 20.6 Å². The first-order valence-electron chi connectivity index (χ1n) is 5.37. The first kappa shape index (κ1) is 14.9. The van der Waals surface area contributed by atoms with Gasteiger partial charge >= 0.3 is 0 Å². The smallest absolute Gasteiger partial charge is 0.223 e. The number of piperidine rings is 1. The van der Waals surface area contributed by atoms with Crippen molar-refractivity contribution in [2.24, 2.45) is 0 Å². The third kappa shape index (κ3) is 4.56. The summed E-state index contributed by atoms with van der Waals surface area (Å²) in [6, 6.07) is 0.500. The minimum absolute atomic E-state index is 0. The van der Waals surface area contributed by atoms with Crippen LogP contribution in [-0.4, -0.2) is 29.1 Å². The van der Waals surface area contributed by atoms with E-state index in [1.807, 2.05) is 0 Å². The second-order valence-corrected chi connectivity index (χ2v) is 4.58. The Hall–Kier alpha value is -0.130. The van der Waals surface area contributed by atoms with Crippen LogP contribution in [-0.2, 0) is 6.54 Å². The standard InChI is InChI=1S/C10H14Cl2N4.ClH/c11-9-7(5-15-10(12)16-9)4-14-8-2-1-3-13-6-8;/h5,8,13-14H,1-4,6H2;1H/t8-;/m1./s1. The minimum atomic E-state index is 0. The second kappa shape index (κ2) is 7.34. The molecule has 96 valence electrons. The molecule has 0 saturated carbocycles. The lowest BCUT2D eigenvalue weighted by atomic mass is 10.1. The Bertz CT molecular complexity index is 355. The number of halogens is 3. The average molecular weight is 298 g/mol. The van der Waals surface area contributed by atoms with Crippen molar-refractivity contribution in [2.75, 3.05) is 13.1 Å². The molecule has 7 heteroatoms. The lowest BCUT2D eigenvalue weighted by Crippen LogP contribution is -2.42. The van der Waals surface area contributed by atoms with Crippen LogP contribution in [0, 0.1) is 0 Å². The van der Waals surface area contributed by atoms with Gasteiger partial charge in [0.15, 0.2) is 0 Å². The Morgan fingerprint density at radius 3 is 2.94 bits per heavy atom. The van der Waals surface area contributed by atoms with E-state index in [1.165, 1.54) is 12.8 Å². The van der Waals surface area contributed by atoms with Crippen LogP contribution in [0.25, 0.3) is 0 Å². The van der Waals surface area contributed by atoms with Gasteiger partial charge in [0.1, 0.15) is 5.15 Å². The number of nitrogens with zero attached hydrogens (tertiary/aromatic N) is 2. The molecule has 0 aliphatic carbocycles. The molecule has 1 atom stereocenters. The van der Waals surface area contributed by atoms with Crippen LogP contribution >= 0.6 is 35.6 Å². The molecule has 0 spiro atoms. The van der Waals surface area contributed by atoms with Gasteiger partial charge in [0.05, 0.1) is 0 Å². The highest BCUT2D eigenvalue weighted by atomic mass is 35.5. The van der Waals surface area contributed by atoms with Crippen molar-refractivity contribution in [1.29, 1.82) is 0 Å². The summed E-state index contributed by atoms with van der Waals surface area (Å²) < 4.78 is 0. The fourth-order valence-corrected chi connectivity index (χ4v) is 2.14. The molecule has 0 bridgehead atoms. The van der Waals surface area contributed by atoms with E-state index < -0.39 is 0 Å². The predicted octanol–water partition coefficient (Wildman–Crippen LogP) is 2.05. The van der Waals surface area contributed by atoms with Crippen LogP contribution < -0.4 is 10.6 Å². The summed E-state index contributed by atoms with van der Waals surface area (Å²) in [5.74, 6) is 0. The van der Waals surface area contributed by atoms with Gasteiger partial charge in [-0.15, -0.1) is 12.4 Å². The Kier molecular flexibility index (Phi) is 6.44. The van der Waals surface area contributed by atoms with Gasteiger partial charge in [-0.2, -0.15) is 0 Å². The van der Waals surface area contributed by atoms with Crippen molar-refractivity contribution in [3.8, 4) is 0 Å². The van der Waals surface area contributed by atoms with Crippen molar-refractivity contribution >= 4 is 35.6 Å². The van der Waals surface area contributed by atoms with E-state index in [9.17, 15) is 0 Å². The molecule has 0 radical (unpaired) electrons. The molecule has 4 nitrogen and oxygen atoms in total. The number of hydrogen-bond acceptors (Lipinski definition) is 4. The van der Waals surface area contributed by atoms with Crippen molar-refractivity contribution < 1.29 is 0 Å². The SMILES string of the molecule is Cl.Clc1ncc(CN[C@@H]2CCCNC2)c(Cl)n1. The van der Waals surface area contributed by atoms with Gasteiger partial charge in [-0.25, -0.2) is 9.97 Å². The minimum Gasteiger partial charge on any atom is -0.315 e. The Morgan fingerprint density at radius 2 is 2.29 bits per heavy atom. The van der Waals surface area contributed by atoms with E-state index in [1.54, 1.807) is 6.20 Å². The quantitative estimate of drug-likeness (QED) is 0.662. The number of aromatic nitrogens is 2. The van der Waals surface area contributed by atoms with Crippen LogP contribution in [0.4, 0.5) is 0 Å². The van der Waals surface area contributed by atoms with Crippen LogP contribution in [0.15, 0.2) is 6.20 Å². The van der Waals surface area contributed by atoms with E-state index in [-0.39, 0.29) is 17.7 Å². The summed E-state index contributed by atoms with van der Waals surface area (Å²) in [6.45, 7) is 2.80. The van der Waals surface area contributed by atoms with Crippen LogP contribution in [0.5, 0.6) is 0 Å². The predicted molar refractivity (Wildman–Crippen MR) is 72.0 cm³/mol. The third-order valence-electron chi connectivity index (χ3n) is 2.66. The second-order valence-electron chi connectivity index (χ2n) is 3.88. The normalized spacial score (nSPS) is 19.8. The molecule has 1 fully saturated rings. The summed E-state index contributed by atoms with van der Waals surface area (Å²) in [5.41, 5.74) is 0.886. The Balaban J connectivity index is 0.00000144. The monoisotopic (exact) mass is 296 g/mol. The van der Waals surface area contributed by atoms with Crippen molar-refractivity contribution in [2.45, 2.75) is 25.4 Å². The average Bonchev–Trinajstić information content (AvgIpc) is 2.29. The van der Waals surface area contributed by atoms with E-state index in [0.717, 1.165) is 18.7 Å². The van der Waals surface area contributed by atoms with Crippen LogP contribution in [0.3, 0.4) is 0 Å². The number of hydrogen-bond donors (Lipinski definition) is 2. The van der Waals surface area contributed by atoms with Crippen molar-refractivity contribution in [3.05, 3.63) is 22.2 Å². The van der Waals surface area contributed by atoms with Crippen LogP contribution in [0.1, 0.15) is 18.4 Å². The largest absolute Gasteiger partial charge is 0.315 e. The highest BCUT2D eigenvalue weighted by Gasteiger charge is 2.13. The molecule has 2 heterocycles. The summed E-state index contributed by atoms with van der Waals surface area (Å²) in [4.78, 5) is 7.82. The molecule has 1 aliphatic rings. The Labute approximate surface area is 117 Å². The third-order valence-corrected chi connectivity index (χ3v) is 3.17. The maximum atomic E-state index is 5.96. The lowest BCUT2D eigenvalue weighted by Gasteiger charge is -2.23. The highest BCUT2D eigenvalue weighted by Crippen LogP contribution is 2.14. The highest BCUT2D eigenvalue weighted by molar-refractivity contribution is 6.32. The van der Waals surface area contributed by atoms with E-state index in [0.29, 0.717) is 17.7 Å². The zero-order chi connectivity index (χ0) is 11.4. The van der Waals surface area contributed by atoms with Crippen molar-refractivity contribution in [1.82, 2.24) is 20.6 Å². The summed E-state index contributed by atoms with van der Waals surface area (Å²) in [6.07, 6.45) is 4.07. The first-order valence-corrected chi connectivity index (χ1v) is 6.12. The van der Waals surface area contributed by atoms with Gasteiger partial charge in [-0.1, -0.05) is 11.6 Å². The van der Waals surface area contributed by atoms with Gasteiger partial charge in [-0.3, -0.25) is 0 Å². The maximum Gasteiger partial charge on any atom is 0.223 e. The zero-order valence-corrected chi connectivity index (χ0v) is 11.6. The van der Waals surface area contributed by atoms with Crippen LogP contribution in [0.2, 0.25) is 10.4 Å². The molecular formula is C10H15Cl3N4. The van der Waals surface area contributed by atoms with E-state index in [4.69, 9.17) is 23.2 Å². The van der Waals surface area contributed by atoms with Gasteiger partial charge in [0.2, 0.25) is 5.28 Å². The van der Waals surface area contributed by atoms with Gasteiger partial charge in [-0.05, 0) is 31.0 Å². The zero-order valence-electron chi connectivity index (χ0n) is 9.25. The molecule has 17 heavy (non-hydrogen) atoms. The molecule has 1 saturated heterocycles.